The first kappa shape index (κ1) is 19.4. The van der Waals surface area contributed by atoms with Crippen LogP contribution in [0, 0.1) is 0 Å². The fourth-order valence-corrected chi connectivity index (χ4v) is 2.74. The molecule has 0 bridgehead atoms. The maximum absolute atomic E-state index is 12.7. The number of benzene rings is 2. The Morgan fingerprint density at radius 3 is 2.57 bits per heavy atom. The predicted molar refractivity (Wildman–Crippen MR) is 110 cm³/mol. The average Bonchev–Trinajstić information content (AvgIpc) is 3.01. The summed E-state index contributed by atoms with van der Waals surface area (Å²) in [7, 11) is 3.14. The van der Waals surface area contributed by atoms with E-state index in [9.17, 15) is 4.79 Å². The van der Waals surface area contributed by atoms with Crippen LogP contribution < -0.4 is 14.5 Å². The highest BCUT2D eigenvalue weighted by Gasteiger charge is 2.27. The van der Waals surface area contributed by atoms with Gasteiger partial charge in [-0.2, -0.15) is 10.1 Å². The van der Waals surface area contributed by atoms with Gasteiger partial charge in [-0.25, -0.2) is 0 Å². The summed E-state index contributed by atoms with van der Waals surface area (Å²) in [4.78, 5) is 12.7. The zero-order valence-electron chi connectivity index (χ0n) is 16.1. The maximum atomic E-state index is 12.7. The number of ether oxygens (including phenoxy) is 3. The van der Waals surface area contributed by atoms with Crippen molar-refractivity contribution in [2.45, 2.75) is 6.92 Å². The van der Waals surface area contributed by atoms with Gasteiger partial charge in [-0.1, -0.05) is 36.4 Å². The van der Waals surface area contributed by atoms with Gasteiger partial charge in [0.2, 0.25) is 0 Å². The van der Waals surface area contributed by atoms with E-state index in [1.165, 1.54) is 5.01 Å². The van der Waals surface area contributed by atoms with Gasteiger partial charge in [0.25, 0.3) is 5.91 Å². The smallest absolute Gasteiger partial charge is 0.280 e. The Balaban J connectivity index is 1.75. The summed E-state index contributed by atoms with van der Waals surface area (Å²) in [6.07, 6.45) is 5.48. The molecule has 0 atom stereocenters. The third kappa shape index (κ3) is 4.29. The molecule has 6 heteroatoms. The van der Waals surface area contributed by atoms with Crippen molar-refractivity contribution >= 4 is 23.4 Å². The molecular formula is C22H22N2O4. The highest BCUT2D eigenvalue weighted by atomic mass is 16.7. The molecule has 0 spiro atoms. The number of carbonyl (C=O) groups excluding carboxylic acids is 1. The molecule has 1 aliphatic rings. The lowest BCUT2D eigenvalue weighted by Gasteiger charge is -2.10. The Bertz CT molecular complexity index is 933. The molecule has 0 aliphatic carbocycles. The first-order chi connectivity index (χ1) is 13.6. The molecule has 2 aromatic rings. The van der Waals surface area contributed by atoms with E-state index in [0.717, 1.165) is 11.3 Å². The van der Waals surface area contributed by atoms with E-state index < -0.39 is 0 Å². The molecule has 0 fully saturated rings. The molecule has 28 heavy (non-hydrogen) atoms. The van der Waals surface area contributed by atoms with Crippen LogP contribution in [0.15, 0.2) is 71.4 Å². The van der Waals surface area contributed by atoms with Crippen molar-refractivity contribution < 1.29 is 19.0 Å². The molecule has 0 radical (unpaired) electrons. The quantitative estimate of drug-likeness (QED) is 0.539. The summed E-state index contributed by atoms with van der Waals surface area (Å²) in [5.41, 5.74) is 2.90. The normalized spacial score (nSPS) is 15.4. The summed E-state index contributed by atoms with van der Waals surface area (Å²) in [5, 5.41) is 5.78. The SMILES string of the molecule is COCOc1ccc(C=CC=C2C(=O)N(c3ccccc3)N=C2C)cc1OC. The second-order valence-electron chi connectivity index (χ2n) is 6.04. The Morgan fingerprint density at radius 1 is 1.07 bits per heavy atom. The summed E-state index contributed by atoms with van der Waals surface area (Å²) in [6.45, 7) is 1.97. The number of allylic oxidation sites excluding steroid dienone is 2. The van der Waals surface area contributed by atoms with E-state index in [1.807, 2.05) is 67.6 Å². The van der Waals surface area contributed by atoms with Crippen molar-refractivity contribution in [3.05, 3.63) is 71.8 Å². The van der Waals surface area contributed by atoms with Gasteiger partial charge in [0.1, 0.15) is 0 Å². The molecule has 1 aliphatic heterocycles. The number of methoxy groups -OCH3 is 2. The van der Waals surface area contributed by atoms with E-state index in [4.69, 9.17) is 14.2 Å². The topological polar surface area (TPSA) is 60.4 Å². The molecule has 0 saturated heterocycles. The fourth-order valence-electron chi connectivity index (χ4n) is 2.74. The summed E-state index contributed by atoms with van der Waals surface area (Å²) < 4.78 is 15.7. The molecule has 0 aromatic heterocycles. The third-order valence-electron chi connectivity index (χ3n) is 4.13. The molecule has 1 amide bonds. The lowest BCUT2D eigenvalue weighted by molar-refractivity contribution is -0.114. The van der Waals surface area contributed by atoms with E-state index in [-0.39, 0.29) is 12.7 Å². The van der Waals surface area contributed by atoms with Crippen molar-refractivity contribution in [3.8, 4) is 11.5 Å². The van der Waals surface area contributed by atoms with E-state index in [2.05, 4.69) is 5.10 Å². The van der Waals surface area contributed by atoms with Gasteiger partial charge in [0.05, 0.1) is 24.1 Å². The third-order valence-corrected chi connectivity index (χ3v) is 4.13. The van der Waals surface area contributed by atoms with Crippen LogP contribution >= 0.6 is 0 Å². The van der Waals surface area contributed by atoms with E-state index >= 15 is 0 Å². The Labute approximate surface area is 164 Å². The maximum Gasteiger partial charge on any atom is 0.280 e. The first-order valence-corrected chi connectivity index (χ1v) is 8.77. The molecule has 144 valence electrons. The monoisotopic (exact) mass is 378 g/mol. The summed E-state index contributed by atoms with van der Waals surface area (Å²) in [6, 6.07) is 14.9. The van der Waals surface area contributed by atoms with Crippen molar-refractivity contribution in [1.82, 2.24) is 0 Å². The number of carbonyl (C=O) groups is 1. The minimum absolute atomic E-state index is 0.144. The van der Waals surface area contributed by atoms with Gasteiger partial charge in [0, 0.05) is 7.11 Å². The minimum Gasteiger partial charge on any atom is -0.493 e. The summed E-state index contributed by atoms with van der Waals surface area (Å²) in [5.74, 6) is 1.07. The molecule has 0 saturated carbocycles. The van der Waals surface area contributed by atoms with Crippen molar-refractivity contribution in [3.63, 3.8) is 0 Å². The van der Waals surface area contributed by atoms with Gasteiger partial charge in [0.15, 0.2) is 18.3 Å². The van der Waals surface area contributed by atoms with Crippen LogP contribution in [-0.2, 0) is 9.53 Å². The lowest BCUT2D eigenvalue weighted by Crippen LogP contribution is -2.21. The number of hydrogen-bond acceptors (Lipinski definition) is 5. The van der Waals surface area contributed by atoms with Gasteiger partial charge in [-0.15, -0.1) is 0 Å². The van der Waals surface area contributed by atoms with Gasteiger partial charge < -0.3 is 14.2 Å². The van der Waals surface area contributed by atoms with Crippen molar-refractivity contribution in [1.29, 1.82) is 0 Å². The fraction of sp³-hybridized carbons (Fsp3) is 0.182. The molecule has 2 aromatic carbocycles. The predicted octanol–water partition coefficient (Wildman–Crippen LogP) is 4.04. The lowest BCUT2D eigenvalue weighted by atomic mass is 10.1. The van der Waals surface area contributed by atoms with Crippen LogP contribution in [0.4, 0.5) is 5.69 Å². The number of amides is 1. The zero-order chi connectivity index (χ0) is 19.9. The van der Waals surface area contributed by atoms with Crippen molar-refractivity contribution in [2.75, 3.05) is 26.0 Å². The minimum atomic E-state index is -0.144. The highest BCUT2D eigenvalue weighted by Crippen LogP contribution is 2.29. The second-order valence-corrected chi connectivity index (χ2v) is 6.04. The molecule has 3 rings (SSSR count). The molecule has 1 heterocycles. The highest BCUT2D eigenvalue weighted by molar-refractivity contribution is 6.29. The number of anilines is 1. The number of hydrogen-bond donors (Lipinski definition) is 0. The number of nitrogens with zero attached hydrogens (tertiary/aromatic N) is 2. The second kappa shape index (κ2) is 9.01. The van der Waals surface area contributed by atoms with Gasteiger partial charge >= 0.3 is 0 Å². The largest absolute Gasteiger partial charge is 0.493 e. The molecule has 6 nitrogen and oxygen atoms in total. The standard InChI is InChI=1S/C22H22N2O4/c1-16-19(22(25)24(23-16)18-9-5-4-6-10-18)11-7-8-17-12-13-20(28-15-26-2)21(14-17)27-3/h4-14H,15H2,1-3H3. The number of para-hydroxylation sites is 1. The van der Waals surface area contributed by atoms with Crippen LogP contribution in [0.1, 0.15) is 12.5 Å². The number of hydrazone groups is 1. The first-order valence-electron chi connectivity index (χ1n) is 8.77. The van der Waals surface area contributed by atoms with Crippen molar-refractivity contribution in [2.24, 2.45) is 5.10 Å². The van der Waals surface area contributed by atoms with Crippen LogP contribution in [0.3, 0.4) is 0 Å². The molecule has 0 N–H and O–H groups in total. The Morgan fingerprint density at radius 2 is 1.86 bits per heavy atom. The summed E-state index contributed by atoms with van der Waals surface area (Å²) >= 11 is 0. The Kier molecular flexibility index (Phi) is 6.24. The van der Waals surface area contributed by atoms with Gasteiger partial charge in [-0.05, 0) is 42.8 Å². The number of rotatable bonds is 7. The van der Waals surface area contributed by atoms with Gasteiger partial charge in [-0.3, -0.25) is 4.79 Å². The average molecular weight is 378 g/mol. The van der Waals surface area contributed by atoms with Crippen LogP contribution in [-0.4, -0.2) is 32.6 Å². The van der Waals surface area contributed by atoms with E-state index in [1.54, 1.807) is 20.3 Å². The van der Waals surface area contributed by atoms with Crippen LogP contribution in [0.5, 0.6) is 11.5 Å². The van der Waals surface area contributed by atoms with Crippen LogP contribution in [0.25, 0.3) is 6.08 Å². The molecule has 0 unspecified atom stereocenters. The molecular weight excluding hydrogens is 356 g/mol. The van der Waals surface area contributed by atoms with Crippen LogP contribution in [0.2, 0.25) is 0 Å². The zero-order valence-corrected chi connectivity index (χ0v) is 16.1. The van der Waals surface area contributed by atoms with E-state index in [0.29, 0.717) is 22.8 Å². The Hall–Kier alpha value is -3.38.